The molecule has 0 saturated carbocycles. The van der Waals surface area contributed by atoms with E-state index in [0.29, 0.717) is 19.4 Å². The monoisotopic (exact) mass is 292 g/mol. The Kier molecular flexibility index (Phi) is 4.21. The number of nitrogens with zero attached hydrogens (tertiary/aromatic N) is 2. The molecule has 7 nitrogen and oxygen atoms in total. The van der Waals surface area contributed by atoms with Gasteiger partial charge < -0.3 is 10.0 Å². The summed E-state index contributed by atoms with van der Waals surface area (Å²) < 4.78 is 0. The average Bonchev–Trinajstić information content (AvgIpc) is 2.46. The zero-order chi connectivity index (χ0) is 15.6. The molecule has 2 atom stereocenters. The van der Waals surface area contributed by atoms with Crippen molar-refractivity contribution in [1.82, 2.24) is 4.90 Å². The zero-order valence-electron chi connectivity index (χ0n) is 11.6. The fourth-order valence-corrected chi connectivity index (χ4v) is 2.67. The van der Waals surface area contributed by atoms with E-state index < -0.39 is 22.7 Å². The molecule has 0 aromatic heterocycles. The van der Waals surface area contributed by atoms with Crippen molar-refractivity contribution in [2.45, 2.75) is 25.8 Å². The van der Waals surface area contributed by atoms with Gasteiger partial charge in [0, 0.05) is 18.7 Å². The van der Waals surface area contributed by atoms with Crippen LogP contribution in [0.1, 0.15) is 30.1 Å². The molecule has 21 heavy (non-hydrogen) atoms. The number of piperidine rings is 1. The van der Waals surface area contributed by atoms with Crippen molar-refractivity contribution < 1.29 is 19.6 Å². The minimum absolute atomic E-state index is 0.0446. The Morgan fingerprint density at radius 1 is 1.38 bits per heavy atom. The molecular formula is C14H16N2O5. The van der Waals surface area contributed by atoms with Crippen molar-refractivity contribution >= 4 is 17.6 Å². The third-order valence-corrected chi connectivity index (χ3v) is 3.82. The number of likely N-dealkylation sites (tertiary alicyclic amines) is 1. The summed E-state index contributed by atoms with van der Waals surface area (Å²) in [5, 5.41) is 20.0. The molecule has 1 heterocycles. The number of hydrogen-bond acceptors (Lipinski definition) is 4. The summed E-state index contributed by atoms with van der Waals surface area (Å²) in [5.41, 5.74) is -0.182. The summed E-state index contributed by atoms with van der Waals surface area (Å²) in [7, 11) is 0. The fourth-order valence-electron chi connectivity index (χ4n) is 2.67. The second-order valence-corrected chi connectivity index (χ2v) is 5.18. The van der Waals surface area contributed by atoms with E-state index in [4.69, 9.17) is 5.11 Å². The Labute approximate surface area is 121 Å². The molecular weight excluding hydrogens is 276 g/mol. The number of nitro benzene ring substituents is 1. The van der Waals surface area contributed by atoms with Gasteiger partial charge >= 0.3 is 5.97 Å². The Hall–Kier alpha value is -2.44. The van der Waals surface area contributed by atoms with E-state index in [1.54, 1.807) is 13.0 Å². The highest BCUT2D eigenvalue weighted by atomic mass is 16.6. The fraction of sp³-hybridized carbons (Fsp3) is 0.429. The van der Waals surface area contributed by atoms with Crippen LogP contribution in [0.4, 0.5) is 5.69 Å². The first-order chi connectivity index (χ1) is 9.91. The standard InChI is InChI=1S/C14H16N2O5/c1-9-8-10(14(18)19)6-7-15(9)13(17)11-4-2-3-5-12(11)16(20)21/h2-5,9-10H,6-8H2,1H3,(H,18,19). The Balaban J connectivity index is 2.22. The third-order valence-electron chi connectivity index (χ3n) is 3.82. The molecule has 7 heteroatoms. The zero-order valence-corrected chi connectivity index (χ0v) is 11.6. The van der Waals surface area contributed by atoms with Gasteiger partial charge in [-0.2, -0.15) is 0 Å². The number of para-hydroxylation sites is 1. The van der Waals surface area contributed by atoms with E-state index in [1.807, 2.05) is 0 Å². The minimum atomic E-state index is -0.861. The molecule has 1 amide bonds. The quantitative estimate of drug-likeness (QED) is 0.677. The second kappa shape index (κ2) is 5.90. The lowest BCUT2D eigenvalue weighted by Crippen LogP contribution is -2.46. The largest absolute Gasteiger partial charge is 0.481 e. The Bertz CT molecular complexity index is 586. The molecule has 0 bridgehead atoms. The van der Waals surface area contributed by atoms with Crippen LogP contribution in [0.25, 0.3) is 0 Å². The van der Waals surface area contributed by atoms with Crippen molar-refractivity contribution in [3.8, 4) is 0 Å². The number of carboxylic acids is 1. The van der Waals surface area contributed by atoms with Crippen LogP contribution in [0.2, 0.25) is 0 Å². The van der Waals surface area contributed by atoms with Crippen LogP contribution in [-0.4, -0.2) is 39.4 Å². The number of carboxylic acid groups (broad SMARTS) is 1. The van der Waals surface area contributed by atoms with Crippen LogP contribution in [0.15, 0.2) is 24.3 Å². The van der Waals surface area contributed by atoms with Gasteiger partial charge in [-0.1, -0.05) is 12.1 Å². The van der Waals surface area contributed by atoms with Gasteiger partial charge in [0.2, 0.25) is 0 Å². The molecule has 2 unspecified atom stereocenters. The predicted octanol–water partition coefficient (Wildman–Crippen LogP) is 1.92. The lowest BCUT2D eigenvalue weighted by molar-refractivity contribution is -0.385. The maximum absolute atomic E-state index is 12.5. The first-order valence-corrected chi connectivity index (χ1v) is 6.69. The topological polar surface area (TPSA) is 101 Å². The molecule has 1 fully saturated rings. The third kappa shape index (κ3) is 3.01. The van der Waals surface area contributed by atoms with Crippen LogP contribution in [-0.2, 0) is 4.79 Å². The molecule has 1 saturated heterocycles. The molecule has 0 aliphatic carbocycles. The maximum atomic E-state index is 12.5. The van der Waals surface area contributed by atoms with E-state index in [-0.39, 0.29) is 17.3 Å². The maximum Gasteiger partial charge on any atom is 0.306 e. The summed E-state index contributed by atoms with van der Waals surface area (Å²) >= 11 is 0. The summed E-state index contributed by atoms with van der Waals surface area (Å²) in [6.07, 6.45) is 0.730. The summed E-state index contributed by atoms with van der Waals surface area (Å²) in [6, 6.07) is 5.55. The first kappa shape index (κ1) is 15.0. The number of benzene rings is 1. The normalized spacial score (nSPS) is 21.9. The summed E-state index contributed by atoms with van der Waals surface area (Å²) in [5.74, 6) is -1.74. The van der Waals surface area contributed by atoms with Gasteiger partial charge in [0.05, 0.1) is 10.8 Å². The van der Waals surface area contributed by atoms with Crippen molar-refractivity contribution in [1.29, 1.82) is 0 Å². The molecule has 1 aliphatic heterocycles. The predicted molar refractivity (Wildman–Crippen MR) is 74.0 cm³/mol. The van der Waals surface area contributed by atoms with Crippen LogP contribution < -0.4 is 0 Å². The van der Waals surface area contributed by atoms with Crippen LogP contribution >= 0.6 is 0 Å². The molecule has 0 radical (unpaired) electrons. The minimum Gasteiger partial charge on any atom is -0.481 e. The molecule has 2 rings (SSSR count). The number of hydrogen-bond donors (Lipinski definition) is 1. The van der Waals surface area contributed by atoms with E-state index in [0.717, 1.165) is 0 Å². The van der Waals surface area contributed by atoms with Gasteiger partial charge in [-0.25, -0.2) is 0 Å². The lowest BCUT2D eigenvalue weighted by atomic mass is 9.91. The van der Waals surface area contributed by atoms with Gasteiger partial charge in [0.15, 0.2) is 0 Å². The Morgan fingerprint density at radius 2 is 2.05 bits per heavy atom. The number of nitro groups is 1. The van der Waals surface area contributed by atoms with E-state index in [2.05, 4.69) is 0 Å². The second-order valence-electron chi connectivity index (χ2n) is 5.18. The molecule has 112 valence electrons. The van der Waals surface area contributed by atoms with E-state index in [9.17, 15) is 19.7 Å². The van der Waals surface area contributed by atoms with E-state index >= 15 is 0 Å². The van der Waals surface area contributed by atoms with Crippen molar-refractivity contribution in [3.63, 3.8) is 0 Å². The molecule has 0 spiro atoms. The number of aliphatic carboxylic acids is 1. The smallest absolute Gasteiger partial charge is 0.306 e. The van der Waals surface area contributed by atoms with Gasteiger partial charge in [-0.15, -0.1) is 0 Å². The SMILES string of the molecule is CC1CC(C(=O)O)CCN1C(=O)c1ccccc1[N+](=O)[O-]. The first-order valence-electron chi connectivity index (χ1n) is 6.69. The lowest BCUT2D eigenvalue weighted by Gasteiger charge is -2.36. The molecule has 1 aromatic rings. The van der Waals surface area contributed by atoms with Gasteiger partial charge in [-0.05, 0) is 25.8 Å². The molecule has 1 aromatic carbocycles. The van der Waals surface area contributed by atoms with Crippen molar-refractivity contribution in [2.24, 2.45) is 5.92 Å². The molecule has 1 N–H and O–H groups in total. The number of rotatable bonds is 3. The highest BCUT2D eigenvalue weighted by molar-refractivity contribution is 5.98. The van der Waals surface area contributed by atoms with Crippen LogP contribution in [0, 0.1) is 16.0 Å². The number of carbonyl (C=O) groups is 2. The number of amides is 1. The molecule has 1 aliphatic rings. The van der Waals surface area contributed by atoms with Crippen LogP contribution in [0.3, 0.4) is 0 Å². The Morgan fingerprint density at radius 3 is 2.62 bits per heavy atom. The van der Waals surface area contributed by atoms with Crippen molar-refractivity contribution in [3.05, 3.63) is 39.9 Å². The van der Waals surface area contributed by atoms with Crippen molar-refractivity contribution in [2.75, 3.05) is 6.54 Å². The van der Waals surface area contributed by atoms with Gasteiger partial charge in [-0.3, -0.25) is 19.7 Å². The van der Waals surface area contributed by atoms with Gasteiger partial charge in [0.25, 0.3) is 11.6 Å². The van der Waals surface area contributed by atoms with Crippen LogP contribution in [0.5, 0.6) is 0 Å². The summed E-state index contributed by atoms with van der Waals surface area (Å²) in [4.78, 5) is 35.4. The summed E-state index contributed by atoms with van der Waals surface area (Å²) in [6.45, 7) is 2.06. The van der Waals surface area contributed by atoms with E-state index in [1.165, 1.54) is 23.1 Å². The van der Waals surface area contributed by atoms with Gasteiger partial charge in [0.1, 0.15) is 5.56 Å². The highest BCUT2D eigenvalue weighted by Gasteiger charge is 2.34. The average molecular weight is 292 g/mol. The highest BCUT2D eigenvalue weighted by Crippen LogP contribution is 2.27. The number of carbonyl (C=O) groups excluding carboxylic acids is 1.